The molecule has 138 valence electrons. The van der Waals surface area contributed by atoms with Gasteiger partial charge in [-0.05, 0) is 70.6 Å². The molecule has 25 heavy (non-hydrogen) atoms. The number of nitrogens with one attached hydrogen (secondary N) is 1. The zero-order chi connectivity index (χ0) is 17.6. The SMILES string of the molecule is Cc1nc(S[C@@H]2CCCCNC2=O)n([C@H](C)[C@H]2C[C@H]3CC[C@H]2C3)c1C. The van der Waals surface area contributed by atoms with Crippen LogP contribution in [0.4, 0.5) is 0 Å². The standard InChI is InChI=1S/C20H31N3OS/c1-12-13(2)23(14(3)17-11-15-7-8-16(17)10-15)20(22-12)25-18-6-4-5-9-21-19(18)24/h14-18H,4-11H2,1-3H3,(H,21,24)/t14-,15+,16+,17-,18-/m1/s1. The minimum Gasteiger partial charge on any atom is -0.355 e. The number of imidazole rings is 1. The Morgan fingerprint density at radius 1 is 1.20 bits per heavy atom. The molecule has 2 bridgehead atoms. The van der Waals surface area contributed by atoms with Crippen LogP contribution in [0.1, 0.15) is 69.3 Å². The second-order valence-electron chi connectivity index (χ2n) is 8.41. The summed E-state index contributed by atoms with van der Waals surface area (Å²) < 4.78 is 2.46. The van der Waals surface area contributed by atoms with Crippen LogP contribution >= 0.6 is 11.8 Å². The maximum absolute atomic E-state index is 12.4. The normalized spacial score (nSPS) is 33.3. The molecule has 1 N–H and O–H groups in total. The zero-order valence-electron chi connectivity index (χ0n) is 15.8. The summed E-state index contributed by atoms with van der Waals surface area (Å²) in [6.45, 7) is 7.51. The van der Waals surface area contributed by atoms with Crippen LogP contribution in [0, 0.1) is 31.6 Å². The Bertz CT molecular complexity index is 656. The number of hydrogen-bond donors (Lipinski definition) is 1. The Morgan fingerprint density at radius 2 is 2.04 bits per heavy atom. The quantitative estimate of drug-likeness (QED) is 0.872. The number of fused-ring (bicyclic) bond motifs is 2. The molecule has 0 radical (unpaired) electrons. The van der Waals surface area contributed by atoms with Crippen LogP contribution in [0.25, 0.3) is 0 Å². The zero-order valence-corrected chi connectivity index (χ0v) is 16.6. The average molecular weight is 362 g/mol. The molecule has 3 fully saturated rings. The number of rotatable bonds is 4. The molecule has 1 saturated heterocycles. The second-order valence-corrected chi connectivity index (χ2v) is 9.58. The van der Waals surface area contributed by atoms with E-state index in [0.717, 1.165) is 54.4 Å². The van der Waals surface area contributed by atoms with Crippen molar-refractivity contribution in [2.24, 2.45) is 17.8 Å². The molecule has 3 aliphatic rings. The van der Waals surface area contributed by atoms with Crippen LogP contribution in [0.3, 0.4) is 0 Å². The molecule has 1 aromatic rings. The number of aryl methyl sites for hydroxylation is 1. The van der Waals surface area contributed by atoms with Gasteiger partial charge < -0.3 is 9.88 Å². The van der Waals surface area contributed by atoms with Crippen LogP contribution in [0.2, 0.25) is 0 Å². The third-order valence-electron chi connectivity index (χ3n) is 6.91. The van der Waals surface area contributed by atoms with Gasteiger partial charge in [0.05, 0.1) is 10.9 Å². The van der Waals surface area contributed by atoms with Gasteiger partial charge in [0.15, 0.2) is 5.16 Å². The van der Waals surface area contributed by atoms with Crippen LogP contribution < -0.4 is 5.32 Å². The monoisotopic (exact) mass is 361 g/mol. The fourth-order valence-corrected chi connectivity index (χ4v) is 6.72. The number of aromatic nitrogens is 2. The Labute approximate surface area is 155 Å². The summed E-state index contributed by atoms with van der Waals surface area (Å²) in [4.78, 5) is 17.3. The molecule has 0 aromatic carbocycles. The first-order valence-corrected chi connectivity index (χ1v) is 10.9. The van der Waals surface area contributed by atoms with E-state index in [1.54, 1.807) is 11.8 Å². The van der Waals surface area contributed by atoms with E-state index >= 15 is 0 Å². The molecule has 1 aliphatic heterocycles. The molecule has 0 unspecified atom stereocenters. The number of carbonyl (C=O) groups is 1. The highest BCUT2D eigenvalue weighted by molar-refractivity contribution is 8.00. The van der Waals surface area contributed by atoms with E-state index in [4.69, 9.17) is 4.98 Å². The van der Waals surface area contributed by atoms with Crippen molar-refractivity contribution in [2.45, 2.75) is 82.2 Å². The molecule has 4 nitrogen and oxygen atoms in total. The first-order chi connectivity index (χ1) is 12.0. The lowest BCUT2D eigenvalue weighted by Crippen LogP contribution is -2.31. The van der Waals surface area contributed by atoms with Gasteiger partial charge in [0.1, 0.15) is 0 Å². The molecular formula is C20H31N3OS. The molecule has 1 aromatic heterocycles. The molecule has 2 heterocycles. The van der Waals surface area contributed by atoms with Crippen molar-refractivity contribution in [3.8, 4) is 0 Å². The van der Waals surface area contributed by atoms with Crippen molar-refractivity contribution in [3.05, 3.63) is 11.4 Å². The first-order valence-electron chi connectivity index (χ1n) is 10.0. The maximum Gasteiger partial charge on any atom is 0.233 e. The van der Waals surface area contributed by atoms with E-state index in [0.29, 0.717) is 6.04 Å². The number of hydrogen-bond acceptors (Lipinski definition) is 3. The van der Waals surface area contributed by atoms with Crippen molar-refractivity contribution in [2.75, 3.05) is 6.54 Å². The summed E-state index contributed by atoms with van der Waals surface area (Å²) in [5.41, 5.74) is 2.40. The predicted octanol–water partition coefficient (Wildman–Crippen LogP) is 4.26. The van der Waals surface area contributed by atoms with Crippen LogP contribution in [0.5, 0.6) is 0 Å². The van der Waals surface area contributed by atoms with Gasteiger partial charge in [-0.1, -0.05) is 24.6 Å². The third kappa shape index (κ3) is 3.24. The minimum absolute atomic E-state index is 0.00896. The molecule has 1 amide bonds. The summed E-state index contributed by atoms with van der Waals surface area (Å²) >= 11 is 1.69. The van der Waals surface area contributed by atoms with Gasteiger partial charge in [0.2, 0.25) is 5.91 Å². The lowest BCUT2D eigenvalue weighted by Gasteiger charge is -2.31. The minimum atomic E-state index is 0.00896. The molecule has 2 saturated carbocycles. The Balaban J connectivity index is 1.58. The van der Waals surface area contributed by atoms with E-state index in [9.17, 15) is 4.79 Å². The van der Waals surface area contributed by atoms with Gasteiger partial charge >= 0.3 is 0 Å². The number of carbonyl (C=O) groups excluding carboxylic acids is 1. The summed E-state index contributed by atoms with van der Waals surface area (Å²) in [6, 6.07) is 0.493. The van der Waals surface area contributed by atoms with Gasteiger partial charge in [-0.15, -0.1) is 0 Å². The fraction of sp³-hybridized carbons (Fsp3) is 0.800. The first kappa shape index (κ1) is 17.4. The van der Waals surface area contributed by atoms with Gasteiger partial charge in [0, 0.05) is 18.3 Å². The molecule has 0 spiro atoms. The van der Waals surface area contributed by atoms with Gasteiger partial charge in [0.25, 0.3) is 0 Å². The van der Waals surface area contributed by atoms with Crippen LogP contribution in [0.15, 0.2) is 5.16 Å². The molecular weight excluding hydrogens is 330 g/mol. The lowest BCUT2D eigenvalue weighted by molar-refractivity contribution is -0.120. The Kier molecular flexibility index (Phi) is 4.87. The highest BCUT2D eigenvalue weighted by Crippen LogP contribution is 2.52. The van der Waals surface area contributed by atoms with Crippen LogP contribution in [-0.4, -0.2) is 27.3 Å². The largest absolute Gasteiger partial charge is 0.355 e. The molecule has 4 rings (SSSR count). The smallest absolute Gasteiger partial charge is 0.233 e. The number of thioether (sulfide) groups is 1. The molecule has 2 aliphatic carbocycles. The maximum atomic E-state index is 12.4. The summed E-state index contributed by atoms with van der Waals surface area (Å²) in [7, 11) is 0. The predicted molar refractivity (Wildman–Crippen MR) is 102 cm³/mol. The summed E-state index contributed by atoms with van der Waals surface area (Å²) in [6.07, 6.45) is 8.86. The lowest BCUT2D eigenvalue weighted by atomic mass is 9.84. The van der Waals surface area contributed by atoms with Gasteiger partial charge in [-0.3, -0.25) is 4.79 Å². The molecule has 5 heteroatoms. The highest BCUT2D eigenvalue weighted by Gasteiger charge is 2.43. The van der Waals surface area contributed by atoms with E-state index in [2.05, 4.69) is 30.7 Å². The second kappa shape index (κ2) is 6.98. The highest BCUT2D eigenvalue weighted by atomic mass is 32.2. The van der Waals surface area contributed by atoms with E-state index < -0.39 is 0 Å². The Morgan fingerprint density at radius 3 is 2.76 bits per heavy atom. The Hall–Kier alpha value is -0.970. The summed E-state index contributed by atoms with van der Waals surface area (Å²) in [5, 5.41) is 4.14. The van der Waals surface area contributed by atoms with Crippen molar-refractivity contribution in [1.29, 1.82) is 0 Å². The van der Waals surface area contributed by atoms with E-state index in [1.807, 2.05) is 0 Å². The fourth-order valence-electron chi connectivity index (χ4n) is 5.39. The average Bonchev–Trinajstić information content (AvgIpc) is 3.24. The van der Waals surface area contributed by atoms with Crippen molar-refractivity contribution in [3.63, 3.8) is 0 Å². The van der Waals surface area contributed by atoms with E-state index in [-0.39, 0.29) is 11.2 Å². The van der Waals surface area contributed by atoms with E-state index in [1.165, 1.54) is 31.4 Å². The van der Waals surface area contributed by atoms with Gasteiger partial charge in [-0.2, -0.15) is 0 Å². The van der Waals surface area contributed by atoms with Crippen molar-refractivity contribution >= 4 is 17.7 Å². The number of amides is 1. The molecule has 5 atom stereocenters. The third-order valence-corrected chi connectivity index (χ3v) is 8.14. The van der Waals surface area contributed by atoms with Crippen molar-refractivity contribution in [1.82, 2.24) is 14.9 Å². The van der Waals surface area contributed by atoms with Crippen LogP contribution in [-0.2, 0) is 4.79 Å². The number of nitrogens with zero attached hydrogens (tertiary/aromatic N) is 2. The summed E-state index contributed by atoms with van der Waals surface area (Å²) in [5.74, 6) is 2.85. The topological polar surface area (TPSA) is 46.9 Å². The van der Waals surface area contributed by atoms with Crippen molar-refractivity contribution < 1.29 is 4.79 Å². The van der Waals surface area contributed by atoms with Gasteiger partial charge in [-0.25, -0.2) is 4.98 Å².